The Balaban J connectivity index is 2.40. The number of hydrogen-bond donors (Lipinski definition) is 2. The second kappa shape index (κ2) is 2.84. The van der Waals surface area contributed by atoms with Crippen molar-refractivity contribution in [2.45, 2.75) is 6.17 Å². The summed E-state index contributed by atoms with van der Waals surface area (Å²) in [6.07, 6.45) is 1.29. The van der Waals surface area contributed by atoms with Crippen LogP contribution in [0.3, 0.4) is 0 Å². The maximum absolute atomic E-state index is 11.4. The van der Waals surface area contributed by atoms with Gasteiger partial charge in [-0.15, -0.1) is 5.11 Å². The Labute approximate surface area is 78.4 Å². The van der Waals surface area contributed by atoms with Crippen LogP contribution in [-0.4, -0.2) is 23.5 Å². The molecule has 0 aromatic heterocycles. The first-order valence-electron chi connectivity index (χ1n) is 3.56. The van der Waals surface area contributed by atoms with Gasteiger partial charge in [-0.2, -0.15) is 5.11 Å². The van der Waals surface area contributed by atoms with Crippen LogP contribution in [0, 0.1) is 0 Å². The van der Waals surface area contributed by atoms with E-state index in [0.717, 1.165) is 0 Å². The molecule has 0 spiro atoms. The monoisotopic (exact) mass is 197 g/mol. The van der Waals surface area contributed by atoms with Crippen molar-refractivity contribution in [3.05, 3.63) is 11.4 Å². The maximum Gasteiger partial charge on any atom is 0.261 e. The van der Waals surface area contributed by atoms with Crippen molar-refractivity contribution in [2.24, 2.45) is 21.0 Å². The minimum absolute atomic E-state index is 0.159. The number of nitrogens with two attached hydrogens (primary N) is 1. The van der Waals surface area contributed by atoms with Crippen LogP contribution in [0.1, 0.15) is 0 Å². The smallest absolute Gasteiger partial charge is 0.261 e. The first-order chi connectivity index (χ1) is 6.22. The molecule has 0 aliphatic carbocycles. The summed E-state index contributed by atoms with van der Waals surface area (Å²) < 4.78 is 0. The molecule has 68 valence electrons. The molecule has 1 atom stereocenters. The quantitative estimate of drug-likeness (QED) is 0.563. The van der Waals surface area contributed by atoms with Crippen LogP contribution in [0.2, 0.25) is 0 Å². The highest BCUT2D eigenvalue weighted by molar-refractivity contribution is 8.13. The Bertz CT molecular complexity index is 358. The molecule has 2 heterocycles. The van der Waals surface area contributed by atoms with Gasteiger partial charge in [0.15, 0.2) is 17.2 Å². The van der Waals surface area contributed by atoms with Crippen LogP contribution >= 0.6 is 11.8 Å². The van der Waals surface area contributed by atoms with Gasteiger partial charge in [-0.05, 0) is 6.26 Å². The molecule has 3 N–H and O–H groups in total. The van der Waals surface area contributed by atoms with Gasteiger partial charge in [0.2, 0.25) is 0 Å². The van der Waals surface area contributed by atoms with Gasteiger partial charge in [-0.25, -0.2) is 4.99 Å². The Hall–Kier alpha value is -1.37. The van der Waals surface area contributed by atoms with Crippen molar-refractivity contribution < 1.29 is 4.79 Å². The molecule has 2 aliphatic heterocycles. The number of aliphatic imine (C=N–C) groups is 1. The number of azo groups is 1. The predicted octanol–water partition coefficient (Wildman–Crippen LogP) is -0.203. The standard InChI is InChI=1S/C6H7N5OS/c1-13-6-8-4-2(5(12)9-6)3(7)10-11-4/h4H,7H2,1H3,(H,8,9,12). The molecule has 0 bridgehead atoms. The average Bonchev–Trinajstić information content (AvgIpc) is 2.48. The highest BCUT2D eigenvalue weighted by atomic mass is 32.2. The molecule has 7 heteroatoms. The van der Waals surface area contributed by atoms with E-state index in [1.807, 2.05) is 6.26 Å². The molecule has 2 aliphatic rings. The van der Waals surface area contributed by atoms with Crippen molar-refractivity contribution >= 4 is 22.8 Å². The summed E-state index contributed by atoms with van der Waals surface area (Å²) in [5.41, 5.74) is 5.79. The normalized spacial score (nSPS) is 25.8. The minimum atomic E-state index is -0.531. The van der Waals surface area contributed by atoms with Gasteiger partial charge in [0.1, 0.15) is 5.57 Å². The van der Waals surface area contributed by atoms with Crippen molar-refractivity contribution in [2.75, 3.05) is 6.26 Å². The zero-order valence-electron chi connectivity index (χ0n) is 6.81. The molecule has 13 heavy (non-hydrogen) atoms. The number of fused-ring (bicyclic) bond motifs is 1. The molecule has 1 unspecified atom stereocenters. The van der Waals surface area contributed by atoms with Crippen LogP contribution in [0.4, 0.5) is 0 Å². The van der Waals surface area contributed by atoms with E-state index in [1.165, 1.54) is 11.8 Å². The molecule has 0 saturated carbocycles. The lowest BCUT2D eigenvalue weighted by Gasteiger charge is -2.15. The Kier molecular flexibility index (Phi) is 1.80. The molecule has 6 nitrogen and oxygen atoms in total. The Morgan fingerprint density at radius 3 is 3.08 bits per heavy atom. The number of carbonyl (C=O) groups is 1. The summed E-state index contributed by atoms with van der Waals surface area (Å²) in [7, 11) is 0. The fourth-order valence-corrected chi connectivity index (χ4v) is 1.50. The molecule has 0 aromatic rings. The van der Waals surface area contributed by atoms with Gasteiger partial charge in [-0.3, -0.25) is 4.79 Å². The highest BCUT2D eigenvalue weighted by Crippen LogP contribution is 2.23. The van der Waals surface area contributed by atoms with Crippen LogP contribution < -0.4 is 11.1 Å². The van der Waals surface area contributed by atoms with Gasteiger partial charge in [-0.1, -0.05) is 11.8 Å². The van der Waals surface area contributed by atoms with Gasteiger partial charge in [0.25, 0.3) is 5.91 Å². The summed E-state index contributed by atoms with van der Waals surface area (Å²) in [5.74, 6) is -0.0988. The molecule has 0 saturated heterocycles. The number of rotatable bonds is 0. The molecule has 1 amide bonds. The summed E-state index contributed by atoms with van der Waals surface area (Å²) in [4.78, 5) is 15.5. The molecule has 2 rings (SSSR count). The largest absolute Gasteiger partial charge is 0.382 e. The van der Waals surface area contributed by atoms with Gasteiger partial charge in [0.05, 0.1) is 0 Å². The Morgan fingerprint density at radius 1 is 1.62 bits per heavy atom. The summed E-state index contributed by atoms with van der Waals surface area (Å²) in [6.45, 7) is 0. The van der Waals surface area contributed by atoms with Gasteiger partial charge >= 0.3 is 0 Å². The van der Waals surface area contributed by atoms with E-state index in [1.54, 1.807) is 0 Å². The molecule has 0 fully saturated rings. The fourth-order valence-electron chi connectivity index (χ4n) is 1.10. The van der Waals surface area contributed by atoms with E-state index in [4.69, 9.17) is 5.73 Å². The van der Waals surface area contributed by atoms with E-state index < -0.39 is 6.17 Å². The van der Waals surface area contributed by atoms with E-state index >= 15 is 0 Å². The van der Waals surface area contributed by atoms with Crippen molar-refractivity contribution in [3.8, 4) is 0 Å². The zero-order valence-corrected chi connectivity index (χ0v) is 7.63. The fraction of sp³-hybridized carbons (Fsp3) is 0.333. The number of carbonyl (C=O) groups excluding carboxylic acids is 1. The average molecular weight is 197 g/mol. The second-order valence-electron chi connectivity index (χ2n) is 2.48. The second-order valence-corrected chi connectivity index (χ2v) is 3.28. The molecule has 0 radical (unpaired) electrons. The number of amidine groups is 1. The van der Waals surface area contributed by atoms with Crippen LogP contribution in [0.25, 0.3) is 0 Å². The molecular formula is C6H7N5OS. The van der Waals surface area contributed by atoms with Gasteiger partial charge < -0.3 is 11.1 Å². The van der Waals surface area contributed by atoms with E-state index in [9.17, 15) is 4.79 Å². The third-order valence-corrected chi connectivity index (χ3v) is 2.30. The van der Waals surface area contributed by atoms with Crippen LogP contribution in [-0.2, 0) is 4.79 Å². The third-order valence-electron chi connectivity index (χ3n) is 1.71. The van der Waals surface area contributed by atoms with Crippen LogP contribution in [0.5, 0.6) is 0 Å². The zero-order chi connectivity index (χ0) is 9.42. The third kappa shape index (κ3) is 1.21. The van der Waals surface area contributed by atoms with Crippen LogP contribution in [0.15, 0.2) is 26.6 Å². The molecule has 0 aromatic carbocycles. The van der Waals surface area contributed by atoms with Crippen molar-refractivity contribution in [1.82, 2.24) is 5.32 Å². The summed E-state index contributed by atoms with van der Waals surface area (Å²) >= 11 is 1.35. The summed E-state index contributed by atoms with van der Waals surface area (Å²) in [6, 6.07) is 0. The number of nitrogens with zero attached hydrogens (tertiary/aromatic N) is 3. The number of nitrogens with one attached hydrogen (secondary N) is 1. The number of amides is 1. The summed E-state index contributed by atoms with van der Waals surface area (Å²) in [5, 5.41) is 10.5. The lowest BCUT2D eigenvalue weighted by Crippen LogP contribution is -2.38. The van der Waals surface area contributed by atoms with Crippen molar-refractivity contribution in [3.63, 3.8) is 0 Å². The number of hydrogen-bond acceptors (Lipinski definition) is 6. The predicted molar refractivity (Wildman–Crippen MR) is 49.0 cm³/mol. The molecular weight excluding hydrogens is 190 g/mol. The topological polar surface area (TPSA) is 92.2 Å². The van der Waals surface area contributed by atoms with Gasteiger partial charge in [0, 0.05) is 0 Å². The highest BCUT2D eigenvalue weighted by Gasteiger charge is 2.32. The lowest BCUT2D eigenvalue weighted by molar-refractivity contribution is -0.116. The van der Waals surface area contributed by atoms with E-state index in [2.05, 4.69) is 20.5 Å². The maximum atomic E-state index is 11.4. The van der Waals surface area contributed by atoms with E-state index in [-0.39, 0.29) is 11.7 Å². The SMILES string of the molecule is CSC1=NC2N=NC(N)=C2C(=O)N1. The van der Waals surface area contributed by atoms with Crippen molar-refractivity contribution in [1.29, 1.82) is 0 Å². The first kappa shape index (κ1) is 8.24. The Morgan fingerprint density at radius 2 is 2.38 bits per heavy atom. The van der Waals surface area contributed by atoms with E-state index in [0.29, 0.717) is 10.7 Å². The lowest BCUT2D eigenvalue weighted by atomic mass is 10.2. The minimum Gasteiger partial charge on any atom is -0.382 e. The first-order valence-corrected chi connectivity index (χ1v) is 4.78. The number of thioether (sulfide) groups is 1.